The first kappa shape index (κ1) is 21.7. The molecule has 2 rings (SSSR count). The standard InChI is InChI=1S/C22H30N2O4/c1-17(2)24(21(25)14-19-8-6-5-7-9-19)16-22(26)23(12-13-27-4)15-20-11-10-18(3)28-20/h5-11,17H,12-16H2,1-4H3. The minimum atomic E-state index is -0.124. The maximum atomic E-state index is 13.0. The van der Waals surface area contributed by atoms with Crippen molar-refractivity contribution < 1.29 is 18.7 Å². The number of aryl methyl sites for hydroxylation is 1. The van der Waals surface area contributed by atoms with Gasteiger partial charge in [-0.05, 0) is 38.5 Å². The lowest BCUT2D eigenvalue weighted by Crippen LogP contribution is -2.46. The van der Waals surface area contributed by atoms with Crippen LogP contribution >= 0.6 is 0 Å². The molecule has 0 spiro atoms. The first-order chi connectivity index (χ1) is 13.4. The third-order valence-corrected chi connectivity index (χ3v) is 4.51. The average Bonchev–Trinajstić information content (AvgIpc) is 3.08. The molecule has 6 heteroatoms. The second kappa shape index (κ2) is 10.7. The molecular weight excluding hydrogens is 356 g/mol. The predicted molar refractivity (Wildman–Crippen MR) is 108 cm³/mol. The van der Waals surface area contributed by atoms with Crippen molar-refractivity contribution in [1.29, 1.82) is 0 Å². The normalized spacial score (nSPS) is 10.9. The zero-order chi connectivity index (χ0) is 20.5. The summed E-state index contributed by atoms with van der Waals surface area (Å²) in [5.74, 6) is 1.33. The van der Waals surface area contributed by atoms with Crippen LogP contribution in [0, 0.1) is 6.92 Å². The van der Waals surface area contributed by atoms with Crippen LogP contribution in [0.3, 0.4) is 0 Å². The van der Waals surface area contributed by atoms with Crippen LogP contribution in [-0.4, -0.2) is 54.5 Å². The number of nitrogens with zero attached hydrogens (tertiary/aromatic N) is 2. The van der Waals surface area contributed by atoms with E-state index in [1.54, 1.807) is 16.9 Å². The van der Waals surface area contributed by atoms with E-state index >= 15 is 0 Å². The Morgan fingerprint density at radius 2 is 1.79 bits per heavy atom. The van der Waals surface area contributed by atoms with Crippen LogP contribution < -0.4 is 0 Å². The van der Waals surface area contributed by atoms with Gasteiger partial charge >= 0.3 is 0 Å². The van der Waals surface area contributed by atoms with Gasteiger partial charge in [0.05, 0.1) is 19.6 Å². The van der Waals surface area contributed by atoms with Gasteiger partial charge in [0.25, 0.3) is 0 Å². The number of amides is 2. The molecule has 0 N–H and O–H groups in total. The molecule has 0 atom stereocenters. The fraction of sp³-hybridized carbons (Fsp3) is 0.455. The Balaban J connectivity index is 2.06. The highest BCUT2D eigenvalue weighted by Gasteiger charge is 2.24. The van der Waals surface area contributed by atoms with E-state index in [0.29, 0.717) is 25.5 Å². The molecule has 0 aliphatic carbocycles. The van der Waals surface area contributed by atoms with Crippen LogP contribution in [0.5, 0.6) is 0 Å². The molecule has 6 nitrogen and oxygen atoms in total. The minimum absolute atomic E-state index is 0.0345. The van der Waals surface area contributed by atoms with Crippen LogP contribution in [-0.2, 0) is 27.3 Å². The van der Waals surface area contributed by atoms with E-state index in [-0.39, 0.29) is 30.8 Å². The molecule has 0 unspecified atom stereocenters. The Bertz CT molecular complexity index is 755. The first-order valence-corrected chi connectivity index (χ1v) is 9.56. The van der Waals surface area contributed by atoms with Gasteiger partial charge in [-0.2, -0.15) is 0 Å². The molecular formula is C22H30N2O4. The lowest BCUT2D eigenvalue weighted by atomic mass is 10.1. The van der Waals surface area contributed by atoms with Gasteiger partial charge in [-0.1, -0.05) is 30.3 Å². The second-order valence-electron chi connectivity index (χ2n) is 7.10. The number of hydrogen-bond donors (Lipinski definition) is 0. The fourth-order valence-corrected chi connectivity index (χ4v) is 2.93. The van der Waals surface area contributed by atoms with Crippen molar-refractivity contribution in [3.63, 3.8) is 0 Å². The fourth-order valence-electron chi connectivity index (χ4n) is 2.93. The monoisotopic (exact) mass is 386 g/mol. The number of hydrogen-bond acceptors (Lipinski definition) is 4. The summed E-state index contributed by atoms with van der Waals surface area (Å²) in [6, 6.07) is 13.2. The number of methoxy groups -OCH3 is 1. The number of benzene rings is 1. The third kappa shape index (κ3) is 6.53. The van der Waals surface area contributed by atoms with E-state index in [2.05, 4.69) is 0 Å². The quantitative estimate of drug-likeness (QED) is 0.630. The predicted octanol–water partition coefficient (Wildman–Crippen LogP) is 3.04. The van der Waals surface area contributed by atoms with Gasteiger partial charge in [0.1, 0.15) is 18.1 Å². The van der Waals surface area contributed by atoms with Crippen LogP contribution in [0.1, 0.15) is 30.9 Å². The molecule has 1 aromatic carbocycles. The molecule has 2 aromatic rings. The Hall–Kier alpha value is -2.60. The first-order valence-electron chi connectivity index (χ1n) is 9.56. The van der Waals surface area contributed by atoms with E-state index in [4.69, 9.17) is 9.15 Å². The zero-order valence-electron chi connectivity index (χ0n) is 17.2. The van der Waals surface area contributed by atoms with E-state index in [9.17, 15) is 9.59 Å². The number of ether oxygens (including phenoxy) is 1. The summed E-state index contributed by atoms with van der Waals surface area (Å²) in [6.45, 7) is 6.96. The summed E-state index contributed by atoms with van der Waals surface area (Å²) in [5, 5.41) is 0. The molecule has 152 valence electrons. The molecule has 1 heterocycles. The summed E-state index contributed by atoms with van der Waals surface area (Å²) in [4.78, 5) is 29.1. The summed E-state index contributed by atoms with van der Waals surface area (Å²) in [7, 11) is 1.60. The maximum Gasteiger partial charge on any atom is 0.242 e. The van der Waals surface area contributed by atoms with Gasteiger partial charge in [-0.25, -0.2) is 0 Å². The second-order valence-corrected chi connectivity index (χ2v) is 7.10. The number of carbonyl (C=O) groups excluding carboxylic acids is 2. The highest BCUT2D eigenvalue weighted by atomic mass is 16.5. The molecule has 0 aliphatic heterocycles. The lowest BCUT2D eigenvalue weighted by molar-refractivity contribution is -0.142. The summed E-state index contributed by atoms with van der Waals surface area (Å²) >= 11 is 0. The molecule has 0 aliphatic rings. The van der Waals surface area contributed by atoms with E-state index < -0.39 is 0 Å². The average molecular weight is 386 g/mol. The Labute approximate surface area is 167 Å². The van der Waals surface area contributed by atoms with E-state index in [0.717, 1.165) is 11.3 Å². The molecule has 0 bridgehead atoms. The molecule has 28 heavy (non-hydrogen) atoms. The van der Waals surface area contributed by atoms with Crippen molar-refractivity contribution in [3.8, 4) is 0 Å². The Kier molecular flexibility index (Phi) is 8.26. The Morgan fingerprint density at radius 3 is 2.36 bits per heavy atom. The minimum Gasteiger partial charge on any atom is -0.464 e. The van der Waals surface area contributed by atoms with Crippen molar-refractivity contribution in [2.45, 2.75) is 39.8 Å². The summed E-state index contributed by atoms with van der Waals surface area (Å²) < 4.78 is 10.7. The molecule has 0 saturated heterocycles. The van der Waals surface area contributed by atoms with Crippen molar-refractivity contribution >= 4 is 11.8 Å². The van der Waals surface area contributed by atoms with Gasteiger partial charge in [0.15, 0.2) is 0 Å². The molecule has 0 fully saturated rings. The van der Waals surface area contributed by atoms with Crippen LogP contribution in [0.2, 0.25) is 0 Å². The number of furan rings is 1. The van der Waals surface area contributed by atoms with Gasteiger partial charge < -0.3 is 19.0 Å². The highest BCUT2D eigenvalue weighted by molar-refractivity contribution is 5.86. The van der Waals surface area contributed by atoms with E-state index in [1.807, 2.05) is 63.2 Å². The third-order valence-electron chi connectivity index (χ3n) is 4.51. The maximum absolute atomic E-state index is 13.0. The lowest BCUT2D eigenvalue weighted by Gasteiger charge is -2.30. The van der Waals surface area contributed by atoms with Crippen LogP contribution in [0.25, 0.3) is 0 Å². The van der Waals surface area contributed by atoms with Crippen molar-refractivity contribution in [1.82, 2.24) is 9.80 Å². The van der Waals surface area contributed by atoms with Gasteiger partial charge in [0, 0.05) is 19.7 Å². The smallest absolute Gasteiger partial charge is 0.242 e. The van der Waals surface area contributed by atoms with E-state index in [1.165, 1.54) is 0 Å². The van der Waals surface area contributed by atoms with Crippen molar-refractivity contribution in [2.75, 3.05) is 26.8 Å². The molecule has 0 saturated carbocycles. The molecule has 2 amide bonds. The van der Waals surface area contributed by atoms with Gasteiger partial charge in [-0.3, -0.25) is 9.59 Å². The molecule has 0 radical (unpaired) electrons. The largest absolute Gasteiger partial charge is 0.464 e. The van der Waals surface area contributed by atoms with Crippen LogP contribution in [0.15, 0.2) is 46.9 Å². The number of carbonyl (C=O) groups is 2. The van der Waals surface area contributed by atoms with Gasteiger partial charge in [0.2, 0.25) is 11.8 Å². The van der Waals surface area contributed by atoms with Crippen LogP contribution in [0.4, 0.5) is 0 Å². The van der Waals surface area contributed by atoms with Gasteiger partial charge in [-0.15, -0.1) is 0 Å². The topological polar surface area (TPSA) is 63.0 Å². The zero-order valence-corrected chi connectivity index (χ0v) is 17.2. The summed E-state index contributed by atoms with van der Waals surface area (Å²) in [6.07, 6.45) is 0.280. The van der Waals surface area contributed by atoms with Crippen molar-refractivity contribution in [2.24, 2.45) is 0 Å². The summed E-state index contributed by atoms with van der Waals surface area (Å²) in [5.41, 5.74) is 0.938. The SMILES string of the molecule is COCCN(Cc1ccc(C)o1)C(=O)CN(C(=O)Cc1ccccc1)C(C)C. The highest BCUT2D eigenvalue weighted by Crippen LogP contribution is 2.12. The molecule has 1 aromatic heterocycles. The number of rotatable bonds is 10. The Morgan fingerprint density at radius 1 is 1.07 bits per heavy atom. The van der Waals surface area contributed by atoms with Crippen molar-refractivity contribution in [3.05, 3.63) is 59.5 Å².